The molecule has 4 nitrogen and oxygen atoms in total. The van der Waals surface area contributed by atoms with Gasteiger partial charge in [-0.1, -0.05) is 6.07 Å². The summed E-state index contributed by atoms with van der Waals surface area (Å²) < 4.78 is 0. The second kappa shape index (κ2) is 4.61. The molecule has 16 heavy (non-hydrogen) atoms. The summed E-state index contributed by atoms with van der Waals surface area (Å²) in [5.41, 5.74) is 1.39. The second-order valence-electron chi connectivity index (χ2n) is 4.15. The first-order valence-electron chi connectivity index (χ1n) is 5.57. The van der Waals surface area contributed by atoms with Gasteiger partial charge in [-0.2, -0.15) is 0 Å². The Morgan fingerprint density at radius 2 is 2.50 bits per heavy atom. The smallest absolute Gasteiger partial charge is 0.273 e. The maximum Gasteiger partial charge on any atom is 0.273 e. The molecule has 1 amide bonds. The van der Waals surface area contributed by atoms with E-state index in [9.17, 15) is 9.90 Å². The van der Waals surface area contributed by atoms with E-state index in [1.54, 1.807) is 11.1 Å². The Labute approximate surface area is 94.9 Å². The average molecular weight is 220 g/mol. The number of carbonyl (C=O) groups excluding carboxylic acids is 1. The first-order chi connectivity index (χ1) is 7.74. The molecule has 0 unspecified atom stereocenters. The van der Waals surface area contributed by atoms with Crippen molar-refractivity contribution in [1.29, 1.82) is 0 Å². The van der Waals surface area contributed by atoms with Crippen LogP contribution < -0.4 is 0 Å². The van der Waals surface area contributed by atoms with E-state index in [1.165, 1.54) is 0 Å². The molecule has 86 valence electrons. The first kappa shape index (κ1) is 11.1. The molecule has 0 spiro atoms. The SMILES string of the molecule is Cc1cccnc1C(=O)N1CCC[C@H]1CO. The minimum absolute atomic E-state index is 0.0334. The van der Waals surface area contributed by atoms with Gasteiger partial charge in [-0.15, -0.1) is 0 Å². The number of aliphatic hydroxyl groups excluding tert-OH is 1. The van der Waals surface area contributed by atoms with Crippen LogP contribution in [0.5, 0.6) is 0 Å². The van der Waals surface area contributed by atoms with Gasteiger partial charge in [0.1, 0.15) is 5.69 Å². The number of carbonyl (C=O) groups is 1. The van der Waals surface area contributed by atoms with Crippen LogP contribution in [0.2, 0.25) is 0 Å². The van der Waals surface area contributed by atoms with Crippen molar-refractivity contribution in [3.63, 3.8) is 0 Å². The van der Waals surface area contributed by atoms with E-state index in [2.05, 4.69) is 4.98 Å². The maximum atomic E-state index is 12.2. The summed E-state index contributed by atoms with van der Waals surface area (Å²) in [4.78, 5) is 18.0. The van der Waals surface area contributed by atoms with Crippen LogP contribution in [0.25, 0.3) is 0 Å². The van der Waals surface area contributed by atoms with Crippen LogP contribution in [0.4, 0.5) is 0 Å². The van der Waals surface area contributed by atoms with Gasteiger partial charge in [0.05, 0.1) is 12.6 Å². The molecule has 1 aliphatic rings. The molecule has 2 rings (SSSR count). The third-order valence-electron chi connectivity index (χ3n) is 3.06. The van der Waals surface area contributed by atoms with Crippen LogP contribution in [0.1, 0.15) is 28.9 Å². The highest BCUT2D eigenvalue weighted by Crippen LogP contribution is 2.19. The Morgan fingerprint density at radius 3 is 3.19 bits per heavy atom. The largest absolute Gasteiger partial charge is 0.394 e. The number of hydrogen-bond donors (Lipinski definition) is 1. The van der Waals surface area contributed by atoms with Gasteiger partial charge < -0.3 is 10.0 Å². The zero-order valence-electron chi connectivity index (χ0n) is 9.39. The summed E-state index contributed by atoms with van der Waals surface area (Å²) >= 11 is 0. The van der Waals surface area contributed by atoms with Crippen molar-refractivity contribution >= 4 is 5.91 Å². The lowest BCUT2D eigenvalue weighted by Gasteiger charge is -2.23. The summed E-state index contributed by atoms with van der Waals surface area (Å²) in [5.74, 6) is -0.0605. The van der Waals surface area contributed by atoms with Gasteiger partial charge >= 0.3 is 0 Å². The fourth-order valence-electron chi connectivity index (χ4n) is 2.14. The number of likely N-dealkylation sites (tertiary alicyclic amines) is 1. The minimum Gasteiger partial charge on any atom is -0.394 e. The van der Waals surface area contributed by atoms with E-state index in [0.717, 1.165) is 24.9 Å². The Balaban J connectivity index is 2.22. The van der Waals surface area contributed by atoms with Crippen LogP contribution in [0.3, 0.4) is 0 Å². The molecule has 0 saturated carbocycles. The van der Waals surface area contributed by atoms with E-state index in [-0.39, 0.29) is 18.6 Å². The molecule has 1 aliphatic heterocycles. The molecular formula is C12H16N2O2. The highest BCUT2D eigenvalue weighted by Gasteiger charge is 2.29. The molecule has 1 aromatic rings. The maximum absolute atomic E-state index is 12.2. The number of aryl methyl sites for hydroxylation is 1. The van der Waals surface area contributed by atoms with Crippen LogP contribution in [-0.4, -0.2) is 40.1 Å². The van der Waals surface area contributed by atoms with Crippen LogP contribution in [0.15, 0.2) is 18.3 Å². The lowest BCUT2D eigenvalue weighted by Crippen LogP contribution is -2.38. The lowest BCUT2D eigenvalue weighted by atomic mass is 10.2. The molecule has 1 N–H and O–H groups in total. The molecule has 1 fully saturated rings. The van der Waals surface area contributed by atoms with Crippen molar-refractivity contribution in [3.8, 4) is 0 Å². The molecule has 1 atom stereocenters. The third kappa shape index (κ3) is 1.93. The lowest BCUT2D eigenvalue weighted by molar-refractivity contribution is 0.0671. The molecular weight excluding hydrogens is 204 g/mol. The van der Waals surface area contributed by atoms with Gasteiger partial charge in [0.15, 0.2) is 0 Å². The van der Waals surface area contributed by atoms with Crippen molar-refractivity contribution in [2.24, 2.45) is 0 Å². The molecule has 0 bridgehead atoms. The van der Waals surface area contributed by atoms with Crippen molar-refractivity contribution in [1.82, 2.24) is 9.88 Å². The third-order valence-corrected chi connectivity index (χ3v) is 3.06. The predicted octanol–water partition coefficient (Wildman–Crippen LogP) is 0.987. The minimum atomic E-state index is -0.0605. The Morgan fingerprint density at radius 1 is 1.69 bits per heavy atom. The highest BCUT2D eigenvalue weighted by atomic mass is 16.3. The van der Waals surface area contributed by atoms with Crippen molar-refractivity contribution < 1.29 is 9.90 Å². The normalized spacial score (nSPS) is 20.1. The molecule has 1 aromatic heterocycles. The molecule has 0 aliphatic carbocycles. The van der Waals surface area contributed by atoms with E-state index in [1.807, 2.05) is 19.1 Å². The first-order valence-corrected chi connectivity index (χ1v) is 5.57. The van der Waals surface area contributed by atoms with E-state index in [0.29, 0.717) is 5.69 Å². The van der Waals surface area contributed by atoms with E-state index < -0.39 is 0 Å². The van der Waals surface area contributed by atoms with Crippen LogP contribution in [0, 0.1) is 6.92 Å². The summed E-state index contributed by atoms with van der Waals surface area (Å²) in [5, 5.41) is 9.19. The van der Waals surface area contributed by atoms with Gasteiger partial charge in [0.2, 0.25) is 0 Å². The standard InChI is InChI=1S/C12H16N2O2/c1-9-4-2-6-13-11(9)12(16)14-7-3-5-10(14)8-15/h2,4,6,10,15H,3,5,7-8H2,1H3/t10-/m0/s1. The van der Waals surface area contributed by atoms with E-state index in [4.69, 9.17) is 0 Å². The summed E-state index contributed by atoms with van der Waals surface area (Å²) in [6, 6.07) is 3.66. The van der Waals surface area contributed by atoms with Crippen molar-refractivity contribution in [2.45, 2.75) is 25.8 Å². The second-order valence-corrected chi connectivity index (χ2v) is 4.15. The number of pyridine rings is 1. The van der Waals surface area contributed by atoms with Crippen LogP contribution in [-0.2, 0) is 0 Å². The molecule has 4 heteroatoms. The number of amides is 1. The topological polar surface area (TPSA) is 53.4 Å². The molecule has 2 heterocycles. The summed E-state index contributed by atoms with van der Waals surface area (Å²) in [7, 11) is 0. The Hall–Kier alpha value is -1.42. The zero-order chi connectivity index (χ0) is 11.5. The van der Waals surface area contributed by atoms with E-state index >= 15 is 0 Å². The Kier molecular flexibility index (Phi) is 3.19. The monoisotopic (exact) mass is 220 g/mol. The van der Waals surface area contributed by atoms with Gasteiger partial charge in [0.25, 0.3) is 5.91 Å². The number of aliphatic hydroxyl groups is 1. The van der Waals surface area contributed by atoms with Gasteiger partial charge in [-0.25, -0.2) is 0 Å². The fourth-order valence-corrected chi connectivity index (χ4v) is 2.14. The van der Waals surface area contributed by atoms with Gasteiger partial charge in [-0.05, 0) is 31.4 Å². The predicted molar refractivity (Wildman–Crippen MR) is 60.1 cm³/mol. The average Bonchev–Trinajstić information content (AvgIpc) is 2.77. The van der Waals surface area contributed by atoms with Crippen molar-refractivity contribution in [3.05, 3.63) is 29.6 Å². The molecule has 0 aromatic carbocycles. The quantitative estimate of drug-likeness (QED) is 0.808. The number of rotatable bonds is 2. The number of nitrogens with zero attached hydrogens (tertiary/aromatic N) is 2. The summed E-state index contributed by atoms with van der Waals surface area (Å²) in [6.45, 7) is 2.64. The van der Waals surface area contributed by atoms with Gasteiger partial charge in [-0.3, -0.25) is 9.78 Å². The van der Waals surface area contributed by atoms with Crippen molar-refractivity contribution in [2.75, 3.05) is 13.2 Å². The number of hydrogen-bond acceptors (Lipinski definition) is 3. The highest BCUT2D eigenvalue weighted by molar-refractivity contribution is 5.94. The molecule has 0 radical (unpaired) electrons. The zero-order valence-corrected chi connectivity index (χ0v) is 9.39. The van der Waals surface area contributed by atoms with Gasteiger partial charge in [0, 0.05) is 12.7 Å². The molecule has 1 saturated heterocycles. The fraction of sp³-hybridized carbons (Fsp3) is 0.500. The van der Waals surface area contributed by atoms with Crippen LogP contribution >= 0.6 is 0 Å². The Bertz CT molecular complexity index is 392. The number of aromatic nitrogens is 1. The summed E-state index contributed by atoms with van der Waals surface area (Å²) in [6.07, 6.45) is 3.47.